The van der Waals surface area contributed by atoms with Crippen molar-refractivity contribution in [3.63, 3.8) is 0 Å². The van der Waals surface area contributed by atoms with Gasteiger partial charge >= 0.3 is 6.03 Å². The summed E-state index contributed by atoms with van der Waals surface area (Å²) in [5, 5.41) is 17.1. The number of hydrogen-bond acceptors (Lipinski definition) is 8. The molecule has 4 amide bonds. The molecule has 0 unspecified atom stereocenters. The molecule has 0 aromatic heterocycles. The number of nitrogens with zero attached hydrogens (tertiary/aromatic N) is 4. The fraction of sp³-hybridized carbons (Fsp3) is 0.500. The molecule has 0 spiro atoms. The number of anilines is 2. The van der Waals surface area contributed by atoms with Crippen molar-refractivity contribution in [2.45, 2.75) is 44.2 Å². The number of carbonyl (C=O) groups excluding carboxylic acids is 3. The van der Waals surface area contributed by atoms with E-state index in [2.05, 4.69) is 15.5 Å². The first-order valence-electron chi connectivity index (χ1n) is 14.9. The summed E-state index contributed by atoms with van der Waals surface area (Å²) in [5.74, 6) is -0.676. The minimum absolute atomic E-state index is 0.00698. The summed E-state index contributed by atoms with van der Waals surface area (Å²) in [7, 11) is 0. The van der Waals surface area contributed by atoms with Crippen LogP contribution in [0.1, 0.15) is 52.8 Å². The molecule has 4 N–H and O–H groups in total. The molecule has 1 aliphatic carbocycles. The molecule has 13 nitrogen and oxygen atoms in total. The van der Waals surface area contributed by atoms with Crippen LogP contribution in [0.5, 0.6) is 0 Å². The topological polar surface area (TPSA) is 163 Å². The smallest absolute Gasteiger partial charge is 0.320 e. The van der Waals surface area contributed by atoms with Gasteiger partial charge < -0.3 is 35.8 Å². The Kier molecular flexibility index (Phi) is 9.72. The normalized spacial score (nSPS) is 21.1. The molecule has 3 aliphatic rings. The van der Waals surface area contributed by atoms with Crippen LogP contribution in [0.25, 0.3) is 0 Å². The van der Waals surface area contributed by atoms with Gasteiger partial charge in [0, 0.05) is 74.6 Å². The third-order valence-corrected chi connectivity index (χ3v) is 8.34. The lowest BCUT2D eigenvalue weighted by Gasteiger charge is -2.32. The highest BCUT2D eigenvalue weighted by Crippen LogP contribution is 2.30. The summed E-state index contributed by atoms with van der Waals surface area (Å²) in [4.78, 5) is 55.9. The van der Waals surface area contributed by atoms with E-state index in [1.54, 1.807) is 12.1 Å². The van der Waals surface area contributed by atoms with Gasteiger partial charge in [-0.05, 0) is 62.4 Å². The second-order valence-corrected chi connectivity index (χ2v) is 11.3. The van der Waals surface area contributed by atoms with E-state index in [9.17, 15) is 24.5 Å². The monoisotopic (exact) mass is 593 g/mol. The Balaban J connectivity index is 1.35. The summed E-state index contributed by atoms with van der Waals surface area (Å²) in [6.07, 6.45) is 4.10. The van der Waals surface area contributed by atoms with Crippen molar-refractivity contribution >= 4 is 34.9 Å². The molecule has 2 heterocycles. The van der Waals surface area contributed by atoms with E-state index < -0.39 is 10.8 Å². The largest absolute Gasteiger partial charge is 0.378 e. The van der Waals surface area contributed by atoms with E-state index in [1.807, 2.05) is 15.9 Å². The van der Waals surface area contributed by atoms with Gasteiger partial charge in [0.05, 0.1) is 29.5 Å². The summed E-state index contributed by atoms with van der Waals surface area (Å²) in [6.45, 7) is 4.56. The van der Waals surface area contributed by atoms with Gasteiger partial charge in [-0.25, -0.2) is 4.79 Å². The molecule has 3 fully saturated rings. The first-order chi connectivity index (χ1) is 20.8. The van der Waals surface area contributed by atoms with E-state index in [1.165, 1.54) is 24.3 Å². The van der Waals surface area contributed by atoms with E-state index in [4.69, 9.17) is 10.5 Å². The average molecular weight is 594 g/mol. The Hall–Kier alpha value is -4.23. The van der Waals surface area contributed by atoms with Gasteiger partial charge in [-0.3, -0.25) is 19.7 Å². The van der Waals surface area contributed by atoms with Crippen LogP contribution in [0.3, 0.4) is 0 Å². The highest BCUT2D eigenvalue weighted by atomic mass is 16.6. The van der Waals surface area contributed by atoms with Gasteiger partial charge in [-0.15, -0.1) is 0 Å². The second-order valence-electron chi connectivity index (χ2n) is 11.3. The molecule has 2 saturated heterocycles. The molecular weight excluding hydrogens is 554 g/mol. The molecule has 1 saturated carbocycles. The fourth-order valence-electron chi connectivity index (χ4n) is 5.82. The van der Waals surface area contributed by atoms with Gasteiger partial charge in [0.1, 0.15) is 0 Å². The number of amides is 4. The van der Waals surface area contributed by atoms with Crippen LogP contribution in [0.2, 0.25) is 0 Å². The second kappa shape index (κ2) is 13.8. The van der Waals surface area contributed by atoms with Crippen LogP contribution in [-0.2, 0) is 4.74 Å². The third-order valence-electron chi connectivity index (χ3n) is 8.34. The van der Waals surface area contributed by atoms with Crippen LogP contribution in [0, 0.1) is 10.1 Å². The maximum absolute atomic E-state index is 13.3. The minimum atomic E-state index is -0.520. The maximum atomic E-state index is 13.3. The number of nitrogens with one attached hydrogen (secondary N) is 2. The average Bonchev–Trinajstić information content (AvgIpc) is 3.28. The fourth-order valence-corrected chi connectivity index (χ4v) is 5.82. The van der Waals surface area contributed by atoms with E-state index in [-0.39, 0.29) is 35.3 Å². The molecule has 13 heteroatoms. The quantitative estimate of drug-likeness (QED) is 0.340. The lowest BCUT2D eigenvalue weighted by Crippen LogP contribution is -2.49. The Morgan fingerprint density at radius 3 is 2.21 bits per heavy atom. The summed E-state index contributed by atoms with van der Waals surface area (Å²) >= 11 is 0. The Labute approximate surface area is 250 Å². The summed E-state index contributed by atoms with van der Waals surface area (Å²) in [6, 6.07) is 10.8. The zero-order chi connectivity index (χ0) is 30.3. The number of morpholine rings is 1. The van der Waals surface area contributed by atoms with Crippen LogP contribution < -0.4 is 21.3 Å². The zero-order valence-corrected chi connectivity index (χ0v) is 24.2. The Bertz CT molecular complexity index is 1320. The van der Waals surface area contributed by atoms with Crippen molar-refractivity contribution in [2.24, 2.45) is 5.73 Å². The lowest BCUT2D eigenvalue weighted by atomic mass is 9.91. The number of urea groups is 1. The van der Waals surface area contributed by atoms with Crippen molar-refractivity contribution in [2.75, 3.05) is 62.7 Å². The third kappa shape index (κ3) is 7.59. The molecular formula is C30H39N7O6. The van der Waals surface area contributed by atoms with Crippen molar-refractivity contribution in [1.82, 2.24) is 15.1 Å². The molecule has 2 aromatic rings. The van der Waals surface area contributed by atoms with Gasteiger partial charge in [0.2, 0.25) is 0 Å². The standard InChI is InChI=1S/C30H39N7O6/c31-23-5-7-24(8-6-23)32-29(39)22-4-11-27(26(20-22)33-28(38)21-2-9-25(10-3-21)37(41)42)34-12-1-13-35(15-14-34)30(40)36-16-18-43-19-17-36/h2-4,9-11,20,23-24H,1,5-8,12-19,31H2,(H,32,39)(H,33,38). The minimum Gasteiger partial charge on any atom is -0.378 e. The number of ether oxygens (including phenoxy) is 1. The van der Waals surface area contributed by atoms with Crippen LogP contribution in [-0.4, -0.2) is 97.1 Å². The molecule has 43 heavy (non-hydrogen) atoms. The van der Waals surface area contributed by atoms with Crippen molar-refractivity contribution in [3.8, 4) is 0 Å². The molecule has 230 valence electrons. The van der Waals surface area contributed by atoms with E-state index in [0.717, 1.165) is 37.8 Å². The van der Waals surface area contributed by atoms with Gasteiger partial charge in [-0.2, -0.15) is 0 Å². The van der Waals surface area contributed by atoms with E-state index in [0.29, 0.717) is 63.7 Å². The predicted octanol–water partition coefficient (Wildman–Crippen LogP) is 2.81. The SMILES string of the molecule is NC1CCC(NC(=O)c2ccc(N3CCCN(C(=O)N4CCOCC4)CC3)c(NC(=O)c3ccc([N+](=O)[O-])cc3)c2)CC1. The van der Waals surface area contributed by atoms with Gasteiger partial charge in [0.15, 0.2) is 0 Å². The van der Waals surface area contributed by atoms with E-state index >= 15 is 0 Å². The number of nitro groups is 1. The number of hydrogen-bond donors (Lipinski definition) is 3. The molecule has 0 bridgehead atoms. The van der Waals surface area contributed by atoms with Crippen LogP contribution >= 0.6 is 0 Å². The lowest BCUT2D eigenvalue weighted by molar-refractivity contribution is -0.384. The zero-order valence-electron chi connectivity index (χ0n) is 24.2. The van der Waals surface area contributed by atoms with Gasteiger partial charge in [-0.1, -0.05) is 0 Å². The maximum Gasteiger partial charge on any atom is 0.320 e. The van der Waals surface area contributed by atoms with Crippen molar-refractivity contribution < 1.29 is 24.0 Å². The van der Waals surface area contributed by atoms with Crippen molar-refractivity contribution in [3.05, 3.63) is 63.7 Å². The summed E-state index contributed by atoms with van der Waals surface area (Å²) in [5.41, 5.74) is 7.76. The number of benzene rings is 2. The number of nitrogens with two attached hydrogens (primary N) is 1. The van der Waals surface area contributed by atoms with Gasteiger partial charge in [0.25, 0.3) is 17.5 Å². The Morgan fingerprint density at radius 1 is 0.837 bits per heavy atom. The number of carbonyl (C=O) groups is 3. The molecule has 2 aliphatic heterocycles. The molecule has 0 radical (unpaired) electrons. The van der Waals surface area contributed by atoms with Crippen LogP contribution in [0.4, 0.5) is 21.9 Å². The number of non-ortho nitro benzene ring substituents is 1. The molecule has 0 atom stereocenters. The highest BCUT2D eigenvalue weighted by molar-refractivity contribution is 6.07. The Morgan fingerprint density at radius 2 is 1.51 bits per heavy atom. The first-order valence-corrected chi connectivity index (χ1v) is 14.9. The predicted molar refractivity (Wildman–Crippen MR) is 161 cm³/mol. The first kappa shape index (κ1) is 30.2. The summed E-state index contributed by atoms with van der Waals surface area (Å²) < 4.78 is 5.38. The molecule has 5 rings (SSSR count). The number of rotatable bonds is 6. The number of nitro benzene ring substituents is 1. The van der Waals surface area contributed by atoms with Crippen LogP contribution in [0.15, 0.2) is 42.5 Å². The molecule has 2 aromatic carbocycles. The highest BCUT2D eigenvalue weighted by Gasteiger charge is 2.27. The van der Waals surface area contributed by atoms with Crippen molar-refractivity contribution in [1.29, 1.82) is 0 Å².